The molecule has 0 amide bonds. The summed E-state index contributed by atoms with van der Waals surface area (Å²) in [5, 5.41) is 21.2. The third kappa shape index (κ3) is 7.33. The molecule has 2 unspecified atom stereocenters. The SMILES string of the molecule is CCCCC(NCCC(O)CC)C(=O)O. The van der Waals surface area contributed by atoms with E-state index in [4.69, 9.17) is 5.11 Å². The number of rotatable bonds is 9. The van der Waals surface area contributed by atoms with E-state index < -0.39 is 12.0 Å². The Hall–Kier alpha value is -0.610. The number of carbonyl (C=O) groups is 1. The summed E-state index contributed by atoms with van der Waals surface area (Å²) in [5.74, 6) is -0.797. The third-order valence-corrected chi connectivity index (χ3v) is 2.48. The number of carboxylic acid groups (broad SMARTS) is 1. The molecule has 0 saturated heterocycles. The van der Waals surface area contributed by atoms with Gasteiger partial charge in [0.2, 0.25) is 0 Å². The van der Waals surface area contributed by atoms with Gasteiger partial charge in [0.1, 0.15) is 6.04 Å². The van der Waals surface area contributed by atoms with Crippen LogP contribution >= 0.6 is 0 Å². The average molecular weight is 217 g/mol. The van der Waals surface area contributed by atoms with Crippen molar-refractivity contribution >= 4 is 5.97 Å². The first-order chi connectivity index (χ1) is 7.11. The largest absolute Gasteiger partial charge is 0.480 e. The van der Waals surface area contributed by atoms with Crippen molar-refractivity contribution in [3.63, 3.8) is 0 Å². The minimum atomic E-state index is -0.797. The molecular formula is C11H23NO3. The fourth-order valence-electron chi connectivity index (χ4n) is 1.35. The molecule has 90 valence electrons. The Kier molecular flexibility index (Phi) is 8.33. The van der Waals surface area contributed by atoms with Gasteiger partial charge in [-0.3, -0.25) is 4.79 Å². The van der Waals surface area contributed by atoms with Crippen molar-refractivity contribution in [3.05, 3.63) is 0 Å². The van der Waals surface area contributed by atoms with Gasteiger partial charge in [-0.1, -0.05) is 26.7 Å². The molecule has 0 spiro atoms. The molecule has 0 heterocycles. The van der Waals surface area contributed by atoms with Crippen molar-refractivity contribution in [3.8, 4) is 0 Å². The molecule has 4 nitrogen and oxygen atoms in total. The third-order valence-electron chi connectivity index (χ3n) is 2.48. The number of hydrogen-bond acceptors (Lipinski definition) is 3. The van der Waals surface area contributed by atoms with E-state index in [0.29, 0.717) is 25.8 Å². The van der Waals surface area contributed by atoms with E-state index in [1.54, 1.807) is 0 Å². The first-order valence-corrected chi connectivity index (χ1v) is 5.76. The van der Waals surface area contributed by atoms with Gasteiger partial charge in [-0.05, 0) is 25.8 Å². The van der Waals surface area contributed by atoms with Gasteiger partial charge in [0, 0.05) is 0 Å². The second-order valence-electron chi connectivity index (χ2n) is 3.84. The molecular weight excluding hydrogens is 194 g/mol. The highest BCUT2D eigenvalue weighted by molar-refractivity contribution is 5.73. The Labute approximate surface area is 91.7 Å². The van der Waals surface area contributed by atoms with Crippen LogP contribution in [0.25, 0.3) is 0 Å². The van der Waals surface area contributed by atoms with Gasteiger partial charge in [0.15, 0.2) is 0 Å². The zero-order chi connectivity index (χ0) is 11.7. The Bertz CT molecular complexity index is 173. The molecule has 0 bridgehead atoms. The molecule has 3 N–H and O–H groups in total. The van der Waals surface area contributed by atoms with Gasteiger partial charge >= 0.3 is 5.97 Å². The summed E-state index contributed by atoms with van der Waals surface area (Å²) in [6.07, 6.45) is 3.59. The number of nitrogens with one attached hydrogen (secondary N) is 1. The lowest BCUT2D eigenvalue weighted by atomic mass is 10.1. The summed E-state index contributed by atoms with van der Waals surface area (Å²) in [6.45, 7) is 4.52. The molecule has 4 heteroatoms. The highest BCUT2D eigenvalue weighted by Gasteiger charge is 2.15. The van der Waals surface area contributed by atoms with Crippen molar-refractivity contribution in [1.82, 2.24) is 5.32 Å². The van der Waals surface area contributed by atoms with Gasteiger partial charge < -0.3 is 15.5 Å². The Morgan fingerprint density at radius 2 is 2.00 bits per heavy atom. The molecule has 0 aromatic carbocycles. The van der Waals surface area contributed by atoms with Crippen LogP contribution in [0.2, 0.25) is 0 Å². The maximum absolute atomic E-state index is 10.8. The molecule has 2 atom stereocenters. The van der Waals surface area contributed by atoms with E-state index in [9.17, 15) is 9.90 Å². The van der Waals surface area contributed by atoms with Crippen molar-refractivity contribution in [1.29, 1.82) is 0 Å². The molecule has 0 radical (unpaired) electrons. The van der Waals surface area contributed by atoms with Gasteiger partial charge in [0.05, 0.1) is 6.10 Å². The average Bonchev–Trinajstić information content (AvgIpc) is 2.22. The number of unbranched alkanes of at least 4 members (excludes halogenated alkanes) is 1. The van der Waals surface area contributed by atoms with Gasteiger partial charge in [-0.15, -0.1) is 0 Å². The zero-order valence-corrected chi connectivity index (χ0v) is 9.70. The number of hydrogen-bond donors (Lipinski definition) is 3. The number of aliphatic carboxylic acids is 1. The summed E-state index contributed by atoms with van der Waals surface area (Å²) in [5.41, 5.74) is 0. The lowest BCUT2D eigenvalue weighted by molar-refractivity contribution is -0.139. The van der Waals surface area contributed by atoms with Crippen LogP contribution in [0, 0.1) is 0 Å². The van der Waals surface area contributed by atoms with Crippen LogP contribution in [-0.2, 0) is 4.79 Å². The van der Waals surface area contributed by atoms with E-state index in [1.807, 2.05) is 13.8 Å². The molecule has 0 aromatic rings. The lowest BCUT2D eigenvalue weighted by Crippen LogP contribution is -2.38. The molecule has 0 aliphatic carbocycles. The van der Waals surface area contributed by atoms with Crippen LogP contribution in [0.1, 0.15) is 46.0 Å². The van der Waals surface area contributed by atoms with Crippen LogP contribution in [0.5, 0.6) is 0 Å². The van der Waals surface area contributed by atoms with E-state index >= 15 is 0 Å². The van der Waals surface area contributed by atoms with Crippen molar-refractivity contribution in [2.45, 2.75) is 58.1 Å². The minimum Gasteiger partial charge on any atom is -0.480 e. The number of carboxylic acids is 1. The first kappa shape index (κ1) is 14.4. The van der Waals surface area contributed by atoms with Crippen LogP contribution in [-0.4, -0.2) is 34.9 Å². The minimum absolute atomic E-state index is 0.321. The maximum Gasteiger partial charge on any atom is 0.320 e. The second kappa shape index (κ2) is 8.68. The normalized spacial score (nSPS) is 14.9. The highest BCUT2D eigenvalue weighted by Crippen LogP contribution is 2.02. The Morgan fingerprint density at radius 3 is 2.47 bits per heavy atom. The van der Waals surface area contributed by atoms with Crippen LogP contribution in [0.4, 0.5) is 0 Å². The lowest BCUT2D eigenvalue weighted by Gasteiger charge is -2.15. The monoisotopic (exact) mass is 217 g/mol. The molecule has 0 aliphatic heterocycles. The van der Waals surface area contributed by atoms with Crippen LogP contribution in [0.3, 0.4) is 0 Å². The summed E-state index contributed by atoms with van der Waals surface area (Å²) in [4.78, 5) is 10.8. The van der Waals surface area contributed by atoms with Crippen molar-refractivity contribution in [2.24, 2.45) is 0 Å². The van der Waals surface area contributed by atoms with Gasteiger partial charge in [0.25, 0.3) is 0 Å². The maximum atomic E-state index is 10.8. The predicted molar refractivity (Wildman–Crippen MR) is 59.9 cm³/mol. The summed E-state index contributed by atoms with van der Waals surface area (Å²) >= 11 is 0. The Morgan fingerprint density at radius 1 is 1.33 bits per heavy atom. The summed E-state index contributed by atoms with van der Waals surface area (Å²) in [7, 11) is 0. The Balaban J connectivity index is 3.71. The smallest absolute Gasteiger partial charge is 0.320 e. The number of aliphatic hydroxyl groups excluding tert-OH is 1. The second-order valence-corrected chi connectivity index (χ2v) is 3.84. The van der Waals surface area contributed by atoms with Crippen molar-refractivity contribution in [2.75, 3.05) is 6.54 Å². The fourth-order valence-corrected chi connectivity index (χ4v) is 1.35. The molecule has 0 saturated carbocycles. The number of aliphatic hydroxyl groups is 1. The van der Waals surface area contributed by atoms with E-state index in [2.05, 4.69) is 5.32 Å². The molecule has 0 rings (SSSR count). The molecule has 0 aliphatic rings. The van der Waals surface area contributed by atoms with E-state index in [1.165, 1.54) is 0 Å². The van der Waals surface area contributed by atoms with E-state index in [0.717, 1.165) is 12.8 Å². The standard InChI is InChI=1S/C11H23NO3/c1-3-5-6-10(11(14)15)12-8-7-9(13)4-2/h9-10,12-13H,3-8H2,1-2H3,(H,14,15). The van der Waals surface area contributed by atoms with E-state index in [-0.39, 0.29) is 6.10 Å². The van der Waals surface area contributed by atoms with Crippen molar-refractivity contribution < 1.29 is 15.0 Å². The molecule has 15 heavy (non-hydrogen) atoms. The topological polar surface area (TPSA) is 69.6 Å². The van der Waals surface area contributed by atoms with Crippen LogP contribution in [0.15, 0.2) is 0 Å². The predicted octanol–water partition coefficient (Wildman–Crippen LogP) is 1.38. The highest BCUT2D eigenvalue weighted by atomic mass is 16.4. The zero-order valence-electron chi connectivity index (χ0n) is 9.70. The quantitative estimate of drug-likeness (QED) is 0.545. The molecule has 0 aromatic heterocycles. The van der Waals surface area contributed by atoms with Crippen LogP contribution < -0.4 is 5.32 Å². The fraction of sp³-hybridized carbons (Fsp3) is 0.909. The van der Waals surface area contributed by atoms with Gasteiger partial charge in [-0.25, -0.2) is 0 Å². The first-order valence-electron chi connectivity index (χ1n) is 5.76. The summed E-state index contributed by atoms with van der Waals surface area (Å²) < 4.78 is 0. The van der Waals surface area contributed by atoms with Gasteiger partial charge in [-0.2, -0.15) is 0 Å². The molecule has 0 fully saturated rings. The summed E-state index contributed by atoms with van der Waals surface area (Å²) in [6, 6.07) is -0.464.